The fourth-order valence-corrected chi connectivity index (χ4v) is 4.78. The van der Waals surface area contributed by atoms with Gasteiger partial charge in [-0.1, -0.05) is 19.1 Å². The van der Waals surface area contributed by atoms with Crippen LogP contribution >= 0.6 is 27.7 Å². The number of hydrogen-bond acceptors (Lipinski definition) is 5. The fraction of sp³-hybridized carbons (Fsp3) is 0.231. The van der Waals surface area contributed by atoms with E-state index in [1.807, 2.05) is 0 Å². The van der Waals surface area contributed by atoms with E-state index in [1.54, 1.807) is 31.2 Å². The van der Waals surface area contributed by atoms with E-state index in [2.05, 4.69) is 31.3 Å². The number of urea groups is 1. The molecule has 1 aromatic rings. The molecule has 2 rings (SSSR count). The lowest BCUT2D eigenvalue weighted by Crippen LogP contribution is -2.39. The van der Waals surface area contributed by atoms with E-state index in [0.29, 0.717) is 10.2 Å². The summed E-state index contributed by atoms with van der Waals surface area (Å²) in [5, 5.41) is 6.28. The lowest BCUT2D eigenvalue weighted by Gasteiger charge is -2.11. The molecule has 1 aliphatic heterocycles. The van der Waals surface area contributed by atoms with E-state index in [9.17, 15) is 18.0 Å². The highest BCUT2D eigenvalue weighted by Gasteiger charge is 2.39. The van der Waals surface area contributed by atoms with Gasteiger partial charge < -0.3 is 10.6 Å². The summed E-state index contributed by atoms with van der Waals surface area (Å²) in [5.74, 6) is -0.654. The largest absolute Gasteiger partial charge is 0.323 e. The summed E-state index contributed by atoms with van der Waals surface area (Å²) < 4.78 is 25.5. The molecule has 0 bridgehead atoms. The lowest BCUT2D eigenvalue weighted by atomic mass is 10.3. The average molecular weight is 420 g/mol. The summed E-state index contributed by atoms with van der Waals surface area (Å²) >= 11 is 4.13. The molecule has 1 aromatic carbocycles. The van der Waals surface area contributed by atoms with E-state index < -0.39 is 26.4 Å². The van der Waals surface area contributed by atoms with Crippen LogP contribution in [0.5, 0.6) is 0 Å². The van der Waals surface area contributed by atoms with Crippen LogP contribution in [0.25, 0.3) is 0 Å². The van der Waals surface area contributed by atoms with Gasteiger partial charge in [-0.2, -0.15) is 0 Å². The van der Waals surface area contributed by atoms with Gasteiger partial charge in [0.25, 0.3) is 0 Å². The SMILES string of the molecule is CCNS(=O)(=O)C1SC=C(NC(=O)Nc2ccccc2Br)C1=O. The van der Waals surface area contributed by atoms with Crippen molar-refractivity contribution < 1.29 is 18.0 Å². The smallest absolute Gasteiger partial charge is 0.307 e. The zero-order valence-corrected chi connectivity index (χ0v) is 15.2. The molecule has 0 aliphatic carbocycles. The van der Waals surface area contributed by atoms with Crippen LogP contribution in [0, 0.1) is 0 Å². The molecule has 0 fully saturated rings. The Bertz CT molecular complexity index is 764. The average Bonchev–Trinajstić information content (AvgIpc) is 2.83. The highest BCUT2D eigenvalue weighted by Crippen LogP contribution is 2.29. The monoisotopic (exact) mass is 419 g/mol. The number of thioether (sulfide) groups is 1. The quantitative estimate of drug-likeness (QED) is 0.676. The molecule has 2 amide bonds. The number of carbonyl (C=O) groups excluding carboxylic acids is 2. The summed E-state index contributed by atoms with van der Waals surface area (Å²) in [6.07, 6.45) is 0. The number of para-hydroxylation sites is 1. The number of allylic oxidation sites excluding steroid dienone is 1. The molecular formula is C13H14BrN3O4S2. The summed E-state index contributed by atoms with van der Waals surface area (Å²) in [6, 6.07) is 6.35. The predicted molar refractivity (Wildman–Crippen MR) is 93.4 cm³/mol. The third kappa shape index (κ3) is 4.34. The maximum absolute atomic E-state index is 12.1. The first-order valence-electron chi connectivity index (χ1n) is 6.56. The molecule has 124 valence electrons. The standard InChI is InChI=1S/C13H14BrN3O4S2/c1-2-15-23(20,21)12-11(18)10(7-22-12)17-13(19)16-9-6-4-3-5-8(9)14/h3-7,12,15H,2H2,1H3,(H2,16,17,19). The van der Waals surface area contributed by atoms with Gasteiger partial charge in [-0.25, -0.2) is 17.9 Å². The molecule has 23 heavy (non-hydrogen) atoms. The predicted octanol–water partition coefficient (Wildman–Crippen LogP) is 1.99. The van der Waals surface area contributed by atoms with E-state index in [1.165, 1.54) is 5.41 Å². The second-order valence-electron chi connectivity index (χ2n) is 4.47. The summed E-state index contributed by atoms with van der Waals surface area (Å²) in [5.41, 5.74) is 0.478. The number of nitrogens with one attached hydrogen (secondary N) is 3. The molecular weight excluding hydrogens is 406 g/mol. The van der Waals surface area contributed by atoms with Crippen molar-refractivity contribution >= 4 is 55.2 Å². The first-order chi connectivity index (χ1) is 10.8. The Balaban J connectivity index is 2.01. The summed E-state index contributed by atoms with van der Waals surface area (Å²) in [7, 11) is -3.76. The highest BCUT2D eigenvalue weighted by atomic mass is 79.9. The number of hydrogen-bond donors (Lipinski definition) is 3. The van der Waals surface area contributed by atoms with Crippen molar-refractivity contribution in [2.45, 2.75) is 11.5 Å². The topological polar surface area (TPSA) is 104 Å². The molecule has 1 unspecified atom stereocenters. The number of Topliss-reactive ketones (excluding diaryl/α,β-unsaturated/α-hetero) is 1. The Kier molecular flexibility index (Phi) is 5.84. The Labute approximate surface area is 146 Å². The van der Waals surface area contributed by atoms with Crippen molar-refractivity contribution in [1.29, 1.82) is 0 Å². The molecule has 0 radical (unpaired) electrons. The first kappa shape index (κ1) is 18.0. The van der Waals surface area contributed by atoms with Crippen molar-refractivity contribution in [1.82, 2.24) is 10.0 Å². The number of carbonyl (C=O) groups is 2. The summed E-state index contributed by atoms with van der Waals surface area (Å²) in [6.45, 7) is 1.82. The number of sulfonamides is 1. The summed E-state index contributed by atoms with van der Waals surface area (Å²) in [4.78, 5) is 24.1. The molecule has 1 atom stereocenters. The van der Waals surface area contributed by atoms with Gasteiger partial charge in [0.2, 0.25) is 15.8 Å². The molecule has 3 N–H and O–H groups in total. The Morgan fingerprint density at radius 2 is 2.00 bits per heavy atom. The minimum Gasteiger partial charge on any atom is -0.307 e. The molecule has 0 aromatic heterocycles. The van der Waals surface area contributed by atoms with Gasteiger partial charge in [-0.3, -0.25) is 4.79 Å². The maximum Gasteiger partial charge on any atom is 0.323 e. The van der Waals surface area contributed by atoms with Crippen molar-refractivity contribution in [3.63, 3.8) is 0 Å². The molecule has 7 nitrogen and oxygen atoms in total. The minimum absolute atomic E-state index is 0.0500. The Morgan fingerprint density at radius 1 is 1.30 bits per heavy atom. The zero-order chi connectivity index (χ0) is 17.0. The number of halogens is 1. The van der Waals surface area contributed by atoms with E-state index in [0.717, 1.165) is 11.8 Å². The van der Waals surface area contributed by atoms with Gasteiger partial charge in [0.05, 0.1) is 11.4 Å². The van der Waals surface area contributed by atoms with Crippen molar-refractivity contribution in [2.24, 2.45) is 0 Å². The van der Waals surface area contributed by atoms with Crippen LogP contribution in [-0.4, -0.2) is 31.4 Å². The van der Waals surface area contributed by atoms with Crippen LogP contribution in [0.2, 0.25) is 0 Å². The minimum atomic E-state index is -3.76. The van der Waals surface area contributed by atoms with Gasteiger partial charge in [0.15, 0.2) is 4.58 Å². The van der Waals surface area contributed by atoms with Gasteiger partial charge in [0.1, 0.15) is 0 Å². The molecule has 10 heteroatoms. The van der Waals surface area contributed by atoms with Gasteiger partial charge in [0, 0.05) is 16.4 Å². The van der Waals surface area contributed by atoms with Crippen molar-refractivity contribution in [3.8, 4) is 0 Å². The van der Waals surface area contributed by atoms with Crippen LogP contribution in [-0.2, 0) is 14.8 Å². The third-order valence-electron chi connectivity index (χ3n) is 2.79. The fourth-order valence-electron chi connectivity index (χ4n) is 1.80. The van der Waals surface area contributed by atoms with Gasteiger partial charge in [-0.15, -0.1) is 11.8 Å². The van der Waals surface area contributed by atoms with Crippen LogP contribution in [0.3, 0.4) is 0 Å². The second kappa shape index (κ2) is 7.47. The molecule has 0 saturated heterocycles. The van der Waals surface area contributed by atoms with Crippen LogP contribution < -0.4 is 15.4 Å². The highest BCUT2D eigenvalue weighted by molar-refractivity contribution is 9.10. The zero-order valence-electron chi connectivity index (χ0n) is 12.0. The number of amides is 2. The number of anilines is 1. The number of ketones is 1. The lowest BCUT2D eigenvalue weighted by molar-refractivity contribution is -0.113. The maximum atomic E-state index is 12.1. The van der Waals surface area contributed by atoms with Crippen LogP contribution in [0.4, 0.5) is 10.5 Å². The van der Waals surface area contributed by atoms with Crippen molar-refractivity contribution in [2.75, 3.05) is 11.9 Å². The number of benzene rings is 1. The van der Waals surface area contributed by atoms with Gasteiger partial charge >= 0.3 is 6.03 Å². The van der Waals surface area contributed by atoms with Gasteiger partial charge in [-0.05, 0) is 28.1 Å². The molecule has 0 saturated carbocycles. The third-order valence-corrected chi connectivity index (χ3v) is 6.87. The molecule has 1 aliphatic rings. The van der Waals surface area contributed by atoms with Crippen LogP contribution in [0.1, 0.15) is 6.92 Å². The molecule has 1 heterocycles. The normalized spacial score (nSPS) is 17.7. The van der Waals surface area contributed by atoms with Crippen LogP contribution in [0.15, 0.2) is 39.8 Å². The Morgan fingerprint density at radius 3 is 2.65 bits per heavy atom. The van der Waals surface area contributed by atoms with E-state index in [4.69, 9.17) is 0 Å². The van der Waals surface area contributed by atoms with Crippen molar-refractivity contribution in [3.05, 3.63) is 39.8 Å². The Hall–Kier alpha value is -1.36. The first-order valence-corrected chi connectivity index (χ1v) is 9.84. The van der Waals surface area contributed by atoms with E-state index >= 15 is 0 Å². The molecule has 0 spiro atoms. The number of rotatable bonds is 5. The van der Waals surface area contributed by atoms with E-state index in [-0.39, 0.29) is 12.2 Å². The second-order valence-corrected chi connectivity index (χ2v) is 8.45.